The van der Waals surface area contributed by atoms with Crippen LogP contribution in [0.2, 0.25) is 0 Å². The average molecular weight is 378 g/mol. The predicted molar refractivity (Wildman–Crippen MR) is 97.3 cm³/mol. The van der Waals surface area contributed by atoms with E-state index < -0.39 is 0 Å². The summed E-state index contributed by atoms with van der Waals surface area (Å²) in [7, 11) is 1.63. The van der Waals surface area contributed by atoms with Crippen LogP contribution in [-0.2, 0) is 6.54 Å². The Balaban J connectivity index is 1.81. The van der Waals surface area contributed by atoms with Crippen molar-refractivity contribution in [1.82, 2.24) is 10.7 Å². The van der Waals surface area contributed by atoms with Gasteiger partial charge in [-0.2, -0.15) is 5.10 Å². The van der Waals surface area contributed by atoms with Gasteiger partial charge in [0, 0.05) is 6.54 Å². The summed E-state index contributed by atoms with van der Waals surface area (Å²) in [4.78, 5) is 0. The van der Waals surface area contributed by atoms with Gasteiger partial charge in [-0.3, -0.25) is 5.43 Å². The molecule has 0 spiro atoms. The summed E-state index contributed by atoms with van der Waals surface area (Å²) in [6.07, 6.45) is 1.70. The van der Waals surface area contributed by atoms with Crippen molar-refractivity contribution in [3.63, 3.8) is 0 Å². The summed E-state index contributed by atoms with van der Waals surface area (Å²) in [5.74, 6) is 0.783. The molecule has 0 bridgehead atoms. The third kappa shape index (κ3) is 5.13. The highest BCUT2D eigenvalue weighted by molar-refractivity contribution is 9.10. The molecule has 2 aromatic carbocycles. The molecular weight excluding hydrogens is 362 g/mol. The minimum atomic E-state index is 0.479. The zero-order valence-electron chi connectivity index (χ0n) is 12.0. The summed E-state index contributed by atoms with van der Waals surface area (Å²) in [5.41, 5.74) is 4.89. The van der Waals surface area contributed by atoms with Crippen LogP contribution in [0.1, 0.15) is 11.1 Å². The second-order valence-corrected chi connectivity index (χ2v) is 5.69. The van der Waals surface area contributed by atoms with Gasteiger partial charge in [0.1, 0.15) is 5.75 Å². The molecule has 0 unspecified atom stereocenters. The smallest absolute Gasteiger partial charge is 0.187 e. The van der Waals surface area contributed by atoms with Crippen LogP contribution in [-0.4, -0.2) is 18.4 Å². The van der Waals surface area contributed by atoms with Crippen LogP contribution >= 0.6 is 28.1 Å². The molecule has 0 saturated carbocycles. The van der Waals surface area contributed by atoms with E-state index in [4.69, 9.17) is 17.0 Å². The number of hydrogen-bond acceptors (Lipinski definition) is 3. The molecule has 4 nitrogen and oxygen atoms in total. The molecule has 0 saturated heterocycles. The Labute approximate surface area is 143 Å². The molecule has 0 fully saturated rings. The highest BCUT2D eigenvalue weighted by Crippen LogP contribution is 2.24. The Morgan fingerprint density at radius 3 is 2.73 bits per heavy atom. The van der Waals surface area contributed by atoms with Crippen molar-refractivity contribution in [1.29, 1.82) is 0 Å². The standard InChI is InChI=1S/C16H16BrN3OS/c1-21-15-8-7-13(9-14(15)17)11-19-20-16(22)18-10-12-5-3-2-4-6-12/h2-9,11H,10H2,1H3,(H2,18,20,22)/b19-11-. The molecule has 0 atom stereocenters. The molecule has 0 amide bonds. The van der Waals surface area contributed by atoms with Gasteiger partial charge in [0.2, 0.25) is 0 Å². The van der Waals surface area contributed by atoms with Crippen molar-refractivity contribution < 1.29 is 4.74 Å². The van der Waals surface area contributed by atoms with Crippen LogP contribution in [0.15, 0.2) is 58.1 Å². The van der Waals surface area contributed by atoms with Crippen LogP contribution in [0, 0.1) is 0 Å². The molecule has 0 heterocycles. The van der Waals surface area contributed by atoms with Crippen molar-refractivity contribution in [2.45, 2.75) is 6.54 Å². The molecule has 2 N–H and O–H groups in total. The van der Waals surface area contributed by atoms with E-state index in [1.54, 1.807) is 13.3 Å². The largest absolute Gasteiger partial charge is 0.496 e. The lowest BCUT2D eigenvalue weighted by Crippen LogP contribution is -2.31. The molecule has 2 aromatic rings. The van der Waals surface area contributed by atoms with Gasteiger partial charge in [0.15, 0.2) is 5.11 Å². The maximum absolute atomic E-state index is 5.18. The van der Waals surface area contributed by atoms with Crippen LogP contribution in [0.4, 0.5) is 0 Å². The van der Waals surface area contributed by atoms with Gasteiger partial charge in [0.25, 0.3) is 0 Å². The first-order valence-electron chi connectivity index (χ1n) is 6.63. The van der Waals surface area contributed by atoms with Crippen molar-refractivity contribution in [2.75, 3.05) is 7.11 Å². The Hall–Kier alpha value is -1.92. The number of nitrogens with zero attached hydrogens (tertiary/aromatic N) is 1. The lowest BCUT2D eigenvalue weighted by atomic mass is 10.2. The van der Waals surface area contributed by atoms with Gasteiger partial charge >= 0.3 is 0 Å². The first-order valence-corrected chi connectivity index (χ1v) is 7.83. The van der Waals surface area contributed by atoms with Crippen molar-refractivity contribution in [2.24, 2.45) is 5.10 Å². The SMILES string of the molecule is COc1ccc(/C=N\NC(=S)NCc2ccccc2)cc1Br. The zero-order valence-corrected chi connectivity index (χ0v) is 14.4. The number of nitrogens with one attached hydrogen (secondary N) is 2. The van der Waals surface area contributed by atoms with Gasteiger partial charge in [-0.25, -0.2) is 0 Å². The van der Waals surface area contributed by atoms with Gasteiger partial charge in [-0.15, -0.1) is 0 Å². The number of hydrazone groups is 1. The van der Waals surface area contributed by atoms with E-state index in [0.717, 1.165) is 21.3 Å². The fourth-order valence-electron chi connectivity index (χ4n) is 1.75. The van der Waals surface area contributed by atoms with Crippen molar-refractivity contribution in [3.05, 3.63) is 64.1 Å². The van der Waals surface area contributed by atoms with Gasteiger partial charge in [-0.05, 0) is 57.5 Å². The topological polar surface area (TPSA) is 45.6 Å². The number of halogens is 1. The van der Waals surface area contributed by atoms with Crippen LogP contribution in [0.25, 0.3) is 0 Å². The highest BCUT2D eigenvalue weighted by Gasteiger charge is 1.99. The summed E-state index contributed by atoms with van der Waals surface area (Å²) in [6, 6.07) is 15.7. The minimum Gasteiger partial charge on any atom is -0.496 e. The van der Waals surface area contributed by atoms with Crippen molar-refractivity contribution >= 4 is 39.5 Å². The second-order valence-electron chi connectivity index (χ2n) is 4.43. The molecule has 114 valence electrons. The predicted octanol–water partition coefficient (Wildman–Crippen LogP) is 3.46. The number of ether oxygens (including phenoxy) is 1. The number of hydrogen-bond donors (Lipinski definition) is 2. The third-order valence-corrected chi connectivity index (χ3v) is 3.71. The molecular formula is C16H16BrN3OS. The van der Waals surface area contributed by atoms with Crippen LogP contribution in [0.3, 0.4) is 0 Å². The third-order valence-electron chi connectivity index (χ3n) is 2.85. The Morgan fingerprint density at radius 1 is 1.27 bits per heavy atom. The van der Waals surface area contributed by atoms with Gasteiger partial charge in [-0.1, -0.05) is 30.3 Å². The average Bonchev–Trinajstić information content (AvgIpc) is 2.54. The number of rotatable bonds is 5. The summed E-state index contributed by atoms with van der Waals surface area (Å²) >= 11 is 8.60. The lowest BCUT2D eigenvalue weighted by Gasteiger charge is -2.07. The van der Waals surface area contributed by atoms with Crippen LogP contribution in [0.5, 0.6) is 5.75 Å². The fraction of sp³-hybridized carbons (Fsp3) is 0.125. The Morgan fingerprint density at radius 2 is 2.05 bits per heavy atom. The monoisotopic (exact) mass is 377 g/mol. The highest BCUT2D eigenvalue weighted by atomic mass is 79.9. The molecule has 0 radical (unpaired) electrons. The van der Waals surface area contributed by atoms with Crippen LogP contribution < -0.4 is 15.5 Å². The summed E-state index contributed by atoms with van der Waals surface area (Å²) in [5, 5.41) is 7.68. The van der Waals surface area contributed by atoms with E-state index in [1.165, 1.54) is 0 Å². The van der Waals surface area contributed by atoms with Gasteiger partial charge in [0.05, 0.1) is 17.8 Å². The van der Waals surface area contributed by atoms with Gasteiger partial charge < -0.3 is 10.1 Å². The maximum atomic E-state index is 5.18. The lowest BCUT2D eigenvalue weighted by molar-refractivity contribution is 0.412. The quantitative estimate of drug-likeness (QED) is 0.475. The summed E-state index contributed by atoms with van der Waals surface area (Å²) in [6.45, 7) is 0.663. The first-order chi connectivity index (χ1) is 10.7. The molecule has 0 aliphatic carbocycles. The number of methoxy groups -OCH3 is 1. The molecule has 0 aliphatic rings. The van der Waals surface area contributed by atoms with E-state index in [2.05, 4.69) is 31.8 Å². The normalized spacial score (nSPS) is 10.5. The van der Waals surface area contributed by atoms with E-state index in [1.807, 2.05) is 48.5 Å². The molecule has 0 aromatic heterocycles. The first kappa shape index (κ1) is 16.5. The van der Waals surface area contributed by atoms with E-state index >= 15 is 0 Å². The van der Waals surface area contributed by atoms with E-state index in [-0.39, 0.29) is 0 Å². The van der Waals surface area contributed by atoms with E-state index in [0.29, 0.717) is 11.7 Å². The Bertz CT molecular complexity index is 662. The molecule has 0 aliphatic heterocycles. The molecule has 2 rings (SSSR count). The number of benzene rings is 2. The zero-order chi connectivity index (χ0) is 15.8. The number of thiocarbonyl (C=S) groups is 1. The second kappa shape index (κ2) is 8.51. The maximum Gasteiger partial charge on any atom is 0.187 e. The van der Waals surface area contributed by atoms with Crippen molar-refractivity contribution in [3.8, 4) is 5.75 Å². The fourth-order valence-corrected chi connectivity index (χ4v) is 2.43. The molecule has 22 heavy (non-hydrogen) atoms. The molecule has 6 heteroatoms. The Kier molecular flexibility index (Phi) is 6.36. The minimum absolute atomic E-state index is 0.479. The van der Waals surface area contributed by atoms with E-state index in [9.17, 15) is 0 Å². The summed E-state index contributed by atoms with van der Waals surface area (Å²) < 4.78 is 6.06.